The van der Waals surface area contributed by atoms with Gasteiger partial charge in [-0.05, 0) is 24.5 Å². The number of aryl methyl sites for hydroxylation is 1. The molecule has 84 valence electrons. The van der Waals surface area contributed by atoms with Gasteiger partial charge in [-0.3, -0.25) is 0 Å². The Morgan fingerprint density at radius 3 is 2.60 bits per heavy atom. The summed E-state index contributed by atoms with van der Waals surface area (Å²) in [5.74, 6) is 1.69. The van der Waals surface area contributed by atoms with E-state index in [9.17, 15) is 0 Å². The van der Waals surface area contributed by atoms with Crippen LogP contribution in [0.25, 0.3) is 0 Å². The second-order valence-electron chi connectivity index (χ2n) is 3.55. The molecule has 0 saturated carbocycles. The monoisotopic (exact) mass is 229 g/mol. The van der Waals surface area contributed by atoms with E-state index in [1.165, 1.54) is 5.56 Å². The summed E-state index contributed by atoms with van der Waals surface area (Å²) in [4.78, 5) is 0. The van der Waals surface area contributed by atoms with Crippen molar-refractivity contribution in [3.63, 3.8) is 0 Å². The molecule has 0 radical (unpaired) electrons. The van der Waals surface area contributed by atoms with Crippen LogP contribution in [0.3, 0.4) is 0 Å². The molecule has 15 heavy (non-hydrogen) atoms. The Labute approximate surface area is 96.0 Å². The summed E-state index contributed by atoms with van der Waals surface area (Å²) in [6, 6.07) is 4.06. The van der Waals surface area contributed by atoms with Crippen LogP contribution >= 0.6 is 12.4 Å². The van der Waals surface area contributed by atoms with E-state index in [1.807, 2.05) is 12.1 Å². The SMILES string of the molecule is COc1cc2c(c(OC)c1)C(N)CC2.Cl. The zero-order chi connectivity index (χ0) is 10.1. The minimum absolute atomic E-state index is 0. The van der Waals surface area contributed by atoms with Crippen molar-refractivity contribution in [1.82, 2.24) is 0 Å². The molecule has 4 heteroatoms. The lowest BCUT2D eigenvalue weighted by atomic mass is 10.1. The molecular weight excluding hydrogens is 214 g/mol. The molecule has 1 aromatic carbocycles. The van der Waals surface area contributed by atoms with Gasteiger partial charge in [-0.1, -0.05) is 0 Å². The molecule has 1 unspecified atom stereocenters. The summed E-state index contributed by atoms with van der Waals surface area (Å²) in [5, 5.41) is 0. The molecule has 0 fully saturated rings. The predicted octanol–water partition coefficient (Wildman–Crippen LogP) is 2.07. The average Bonchev–Trinajstić information content (AvgIpc) is 2.59. The molecule has 2 N–H and O–H groups in total. The smallest absolute Gasteiger partial charge is 0.127 e. The molecule has 0 heterocycles. The Kier molecular flexibility index (Phi) is 3.83. The van der Waals surface area contributed by atoms with Gasteiger partial charge in [0.15, 0.2) is 0 Å². The summed E-state index contributed by atoms with van der Waals surface area (Å²) < 4.78 is 10.5. The van der Waals surface area contributed by atoms with Crippen molar-refractivity contribution in [2.24, 2.45) is 5.73 Å². The summed E-state index contributed by atoms with van der Waals surface area (Å²) in [7, 11) is 3.33. The van der Waals surface area contributed by atoms with Crippen molar-refractivity contribution in [2.45, 2.75) is 18.9 Å². The van der Waals surface area contributed by atoms with Gasteiger partial charge >= 0.3 is 0 Å². The van der Waals surface area contributed by atoms with E-state index in [4.69, 9.17) is 15.2 Å². The molecule has 0 spiro atoms. The highest BCUT2D eigenvalue weighted by Gasteiger charge is 2.24. The maximum Gasteiger partial charge on any atom is 0.127 e. The highest BCUT2D eigenvalue weighted by Crippen LogP contribution is 2.39. The average molecular weight is 230 g/mol. The van der Waals surface area contributed by atoms with E-state index < -0.39 is 0 Å². The predicted molar refractivity (Wildman–Crippen MR) is 62.0 cm³/mol. The maximum atomic E-state index is 5.99. The number of benzene rings is 1. The van der Waals surface area contributed by atoms with Crippen molar-refractivity contribution in [2.75, 3.05) is 14.2 Å². The van der Waals surface area contributed by atoms with Gasteiger partial charge < -0.3 is 15.2 Å². The molecular formula is C11H16ClNO2. The molecule has 0 aromatic heterocycles. The highest BCUT2D eigenvalue weighted by atomic mass is 35.5. The van der Waals surface area contributed by atoms with E-state index in [-0.39, 0.29) is 18.4 Å². The summed E-state index contributed by atoms with van der Waals surface area (Å²) >= 11 is 0. The molecule has 1 atom stereocenters. The number of nitrogens with two attached hydrogens (primary N) is 1. The second-order valence-corrected chi connectivity index (χ2v) is 3.55. The number of ether oxygens (including phenoxy) is 2. The van der Waals surface area contributed by atoms with Gasteiger partial charge in [0, 0.05) is 17.7 Å². The fourth-order valence-electron chi connectivity index (χ4n) is 2.03. The van der Waals surface area contributed by atoms with Crippen molar-refractivity contribution in [3.05, 3.63) is 23.3 Å². The number of rotatable bonds is 2. The zero-order valence-electron chi connectivity index (χ0n) is 8.95. The van der Waals surface area contributed by atoms with Crippen LogP contribution in [0.4, 0.5) is 0 Å². The Hall–Kier alpha value is -0.930. The van der Waals surface area contributed by atoms with Crippen molar-refractivity contribution < 1.29 is 9.47 Å². The van der Waals surface area contributed by atoms with Gasteiger partial charge in [0.25, 0.3) is 0 Å². The Morgan fingerprint density at radius 1 is 1.27 bits per heavy atom. The summed E-state index contributed by atoms with van der Waals surface area (Å²) in [5.41, 5.74) is 8.40. The Morgan fingerprint density at radius 2 is 2.00 bits per heavy atom. The lowest BCUT2D eigenvalue weighted by Crippen LogP contribution is -2.07. The third-order valence-corrected chi connectivity index (χ3v) is 2.75. The minimum Gasteiger partial charge on any atom is -0.497 e. The zero-order valence-corrected chi connectivity index (χ0v) is 9.76. The molecule has 1 aliphatic rings. The van der Waals surface area contributed by atoms with Crippen LogP contribution in [0.5, 0.6) is 11.5 Å². The normalized spacial score (nSPS) is 17.9. The third kappa shape index (κ3) is 2.03. The number of hydrogen-bond donors (Lipinski definition) is 1. The van der Waals surface area contributed by atoms with E-state index in [1.54, 1.807) is 14.2 Å². The highest BCUT2D eigenvalue weighted by molar-refractivity contribution is 5.85. The first kappa shape index (κ1) is 12.1. The number of hydrogen-bond acceptors (Lipinski definition) is 3. The summed E-state index contributed by atoms with van der Waals surface area (Å²) in [6.45, 7) is 0. The topological polar surface area (TPSA) is 44.5 Å². The Balaban J connectivity index is 0.00000112. The first-order valence-electron chi connectivity index (χ1n) is 4.76. The third-order valence-electron chi connectivity index (χ3n) is 2.75. The molecule has 1 aromatic rings. The van der Waals surface area contributed by atoms with Gasteiger partial charge in [0.05, 0.1) is 14.2 Å². The van der Waals surface area contributed by atoms with Crippen molar-refractivity contribution in [3.8, 4) is 11.5 Å². The van der Waals surface area contributed by atoms with E-state index in [0.717, 1.165) is 29.9 Å². The van der Waals surface area contributed by atoms with Gasteiger partial charge in [-0.15, -0.1) is 12.4 Å². The lowest BCUT2D eigenvalue weighted by molar-refractivity contribution is 0.389. The molecule has 1 aliphatic carbocycles. The standard InChI is InChI=1S/C11H15NO2.ClH/c1-13-8-5-7-3-4-9(12)11(7)10(6-8)14-2;/h5-6,9H,3-4,12H2,1-2H3;1H. The summed E-state index contributed by atoms with van der Waals surface area (Å²) in [6.07, 6.45) is 2.02. The van der Waals surface area contributed by atoms with Gasteiger partial charge in [0.2, 0.25) is 0 Å². The van der Waals surface area contributed by atoms with Crippen LogP contribution < -0.4 is 15.2 Å². The quantitative estimate of drug-likeness (QED) is 0.845. The molecule has 2 rings (SSSR count). The van der Waals surface area contributed by atoms with Crippen LogP contribution in [0.2, 0.25) is 0 Å². The largest absolute Gasteiger partial charge is 0.497 e. The van der Waals surface area contributed by atoms with Crippen molar-refractivity contribution in [1.29, 1.82) is 0 Å². The molecule has 3 nitrogen and oxygen atoms in total. The number of methoxy groups -OCH3 is 2. The van der Waals surface area contributed by atoms with Crippen LogP contribution in [-0.2, 0) is 6.42 Å². The van der Waals surface area contributed by atoms with Crippen molar-refractivity contribution >= 4 is 12.4 Å². The van der Waals surface area contributed by atoms with Gasteiger partial charge in [0.1, 0.15) is 11.5 Å². The first-order chi connectivity index (χ1) is 6.76. The minimum atomic E-state index is 0. The van der Waals surface area contributed by atoms with Crippen LogP contribution in [-0.4, -0.2) is 14.2 Å². The molecule has 0 aliphatic heterocycles. The van der Waals surface area contributed by atoms with E-state index in [0.29, 0.717) is 0 Å². The van der Waals surface area contributed by atoms with Gasteiger partial charge in [-0.25, -0.2) is 0 Å². The molecule has 0 bridgehead atoms. The van der Waals surface area contributed by atoms with Crippen LogP contribution in [0.15, 0.2) is 12.1 Å². The molecule has 0 saturated heterocycles. The van der Waals surface area contributed by atoms with Crippen LogP contribution in [0.1, 0.15) is 23.6 Å². The lowest BCUT2D eigenvalue weighted by Gasteiger charge is -2.12. The fourth-order valence-corrected chi connectivity index (χ4v) is 2.03. The van der Waals surface area contributed by atoms with E-state index in [2.05, 4.69) is 0 Å². The maximum absolute atomic E-state index is 5.99. The van der Waals surface area contributed by atoms with Gasteiger partial charge in [-0.2, -0.15) is 0 Å². The first-order valence-corrected chi connectivity index (χ1v) is 4.76. The number of halogens is 1. The number of fused-ring (bicyclic) bond motifs is 1. The van der Waals surface area contributed by atoms with Crippen LogP contribution in [0, 0.1) is 0 Å². The molecule has 0 amide bonds. The second kappa shape index (κ2) is 4.73. The van der Waals surface area contributed by atoms with E-state index >= 15 is 0 Å². The fraction of sp³-hybridized carbons (Fsp3) is 0.455. The Bertz CT molecular complexity index is 355.